The summed E-state index contributed by atoms with van der Waals surface area (Å²) in [6, 6.07) is 0. The van der Waals surface area contributed by atoms with Gasteiger partial charge in [-0.2, -0.15) is 0 Å². The Labute approximate surface area is 60.9 Å². The lowest BCUT2D eigenvalue weighted by atomic mass is 10.3. The van der Waals surface area contributed by atoms with E-state index in [2.05, 4.69) is 4.74 Å². The van der Waals surface area contributed by atoms with Crippen molar-refractivity contribution in [2.45, 2.75) is 19.8 Å². The summed E-state index contributed by atoms with van der Waals surface area (Å²) in [6.45, 7) is 2.43. The smallest absolute Gasteiger partial charge is 0.404 e. The zero-order valence-corrected chi connectivity index (χ0v) is 6.17. The second-order valence-corrected chi connectivity index (χ2v) is 1.84. The summed E-state index contributed by atoms with van der Waals surface area (Å²) in [5.41, 5.74) is 4.72. The van der Waals surface area contributed by atoms with E-state index in [0.29, 0.717) is 6.61 Å². The fraction of sp³-hybridized carbons (Fsp3) is 0.571. The molecule has 0 aromatic carbocycles. The maximum absolute atomic E-state index is 10.0. The molecule has 0 radical (unpaired) electrons. The molecule has 0 bridgehead atoms. The molecule has 0 aliphatic rings. The van der Waals surface area contributed by atoms with Crippen LogP contribution in [0.25, 0.3) is 0 Å². The monoisotopic (exact) mass is 143 g/mol. The average Bonchev–Trinajstić information content (AvgIpc) is 1.87. The summed E-state index contributed by atoms with van der Waals surface area (Å²) in [7, 11) is 0. The van der Waals surface area contributed by atoms with Crippen LogP contribution in [0.1, 0.15) is 19.8 Å². The molecule has 0 aromatic heterocycles. The molecule has 1 amide bonds. The van der Waals surface area contributed by atoms with Crippen molar-refractivity contribution in [1.29, 1.82) is 0 Å². The Bertz CT molecular complexity index is 121. The van der Waals surface area contributed by atoms with Crippen molar-refractivity contribution < 1.29 is 9.53 Å². The second kappa shape index (κ2) is 6.13. The fourth-order valence-electron chi connectivity index (χ4n) is 0.512. The number of nitrogens with two attached hydrogens (primary N) is 1. The van der Waals surface area contributed by atoms with E-state index in [1.165, 1.54) is 0 Å². The van der Waals surface area contributed by atoms with Crippen molar-refractivity contribution in [3.63, 3.8) is 0 Å². The van der Waals surface area contributed by atoms with Gasteiger partial charge in [0.25, 0.3) is 0 Å². The van der Waals surface area contributed by atoms with Crippen LogP contribution in [0, 0.1) is 0 Å². The minimum atomic E-state index is -0.704. The van der Waals surface area contributed by atoms with Gasteiger partial charge in [-0.1, -0.05) is 19.1 Å². The van der Waals surface area contributed by atoms with Gasteiger partial charge in [0.1, 0.15) is 0 Å². The largest absolute Gasteiger partial charge is 0.449 e. The molecule has 0 rings (SSSR count). The van der Waals surface area contributed by atoms with Crippen molar-refractivity contribution in [3.05, 3.63) is 12.2 Å². The highest BCUT2D eigenvalue weighted by atomic mass is 16.5. The predicted octanol–water partition coefficient (Wildman–Crippen LogP) is 1.44. The summed E-state index contributed by atoms with van der Waals surface area (Å²) in [5, 5.41) is 0. The molecule has 2 N–H and O–H groups in total. The zero-order chi connectivity index (χ0) is 7.82. The molecule has 3 nitrogen and oxygen atoms in total. The lowest BCUT2D eigenvalue weighted by Crippen LogP contribution is -2.13. The van der Waals surface area contributed by atoms with Gasteiger partial charge < -0.3 is 10.5 Å². The Morgan fingerprint density at radius 1 is 1.60 bits per heavy atom. The van der Waals surface area contributed by atoms with E-state index in [9.17, 15) is 4.79 Å². The van der Waals surface area contributed by atoms with Gasteiger partial charge in [-0.15, -0.1) is 0 Å². The number of primary amides is 1. The second-order valence-electron chi connectivity index (χ2n) is 1.84. The summed E-state index contributed by atoms with van der Waals surface area (Å²) < 4.78 is 4.48. The van der Waals surface area contributed by atoms with Crippen LogP contribution >= 0.6 is 0 Å². The summed E-state index contributed by atoms with van der Waals surface area (Å²) in [4.78, 5) is 10.0. The first kappa shape index (κ1) is 9.01. The Balaban J connectivity index is 3.05. The van der Waals surface area contributed by atoms with Crippen LogP contribution in [-0.2, 0) is 4.74 Å². The molecular weight excluding hydrogens is 130 g/mol. The lowest BCUT2D eigenvalue weighted by Gasteiger charge is -1.95. The van der Waals surface area contributed by atoms with E-state index < -0.39 is 6.09 Å². The van der Waals surface area contributed by atoms with E-state index in [-0.39, 0.29) is 0 Å². The maximum Gasteiger partial charge on any atom is 0.404 e. The highest BCUT2D eigenvalue weighted by Gasteiger charge is 1.88. The van der Waals surface area contributed by atoms with E-state index in [1.54, 1.807) is 0 Å². The molecule has 0 aromatic rings. The fourth-order valence-corrected chi connectivity index (χ4v) is 0.512. The quantitative estimate of drug-likeness (QED) is 0.478. The zero-order valence-electron chi connectivity index (χ0n) is 6.17. The van der Waals surface area contributed by atoms with Crippen molar-refractivity contribution in [1.82, 2.24) is 0 Å². The third-order valence-corrected chi connectivity index (χ3v) is 0.931. The molecule has 0 fully saturated rings. The number of ether oxygens (including phenoxy) is 1. The number of rotatable bonds is 4. The highest BCUT2D eigenvalue weighted by Crippen LogP contribution is 1.86. The van der Waals surface area contributed by atoms with Crippen LogP contribution in [0.5, 0.6) is 0 Å². The van der Waals surface area contributed by atoms with Crippen molar-refractivity contribution >= 4 is 6.09 Å². The molecule has 0 spiro atoms. The van der Waals surface area contributed by atoms with Gasteiger partial charge in [0, 0.05) is 0 Å². The molecule has 0 saturated heterocycles. The number of carbonyl (C=O) groups is 1. The number of amides is 1. The molecule has 0 saturated carbocycles. The molecule has 0 aliphatic carbocycles. The summed E-state index contributed by atoms with van der Waals surface area (Å²) >= 11 is 0. The van der Waals surface area contributed by atoms with Gasteiger partial charge in [0.2, 0.25) is 0 Å². The third kappa shape index (κ3) is 7.01. The van der Waals surface area contributed by atoms with Crippen LogP contribution in [0.3, 0.4) is 0 Å². The predicted molar refractivity (Wildman–Crippen MR) is 39.6 cm³/mol. The Hall–Kier alpha value is -0.990. The summed E-state index contributed by atoms with van der Waals surface area (Å²) in [5.74, 6) is 0. The number of allylic oxidation sites excluding steroid dienone is 1. The average molecular weight is 143 g/mol. The van der Waals surface area contributed by atoms with E-state index in [0.717, 1.165) is 12.8 Å². The Morgan fingerprint density at radius 2 is 2.30 bits per heavy atom. The molecule has 3 heteroatoms. The first-order valence-corrected chi connectivity index (χ1v) is 3.34. The SMILES string of the molecule is CCC=CCCOC(N)=O. The molecule has 10 heavy (non-hydrogen) atoms. The Kier molecular flexibility index (Phi) is 5.53. The topological polar surface area (TPSA) is 52.3 Å². The maximum atomic E-state index is 10.0. The molecule has 0 atom stereocenters. The van der Waals surface area contributed by atoms with E-state index in [4.69, 9.17) is 5.73 Å². The standard InChI is InChI=1S/C7H13NO2/c1-2-3-4-5-6-10-7(8)9/h3-4H,2,5-6H2,1H3,(H2,8,9). The van der Waals surface area contributed by atoms with Gasteiger partial charge >= 0.3 is 6.09 Å². The van der Waals surface area contributed by atoms with Gasteiger partial charge in [0.05, 0.1) is 6.61 Å². The third-order valence-electron chi connectivity index (χ3n) is 0.931. The lowest BCUT2D eigenvalue weighted by molar-refractivity contribution is 0.159. The molecule has 58 valence electrons. The van der Waals surface area contributed by atoms with Crippen LogP contribution in [0.15, 0.2) is 12.2 Å². The van der Waals surface area contributed by atoms with Gasteiger partial charge in [0.15, 0.2) is 0 Å². The Morgan fingerprint density at radius 3 is 2.80 bits per heavy atom. The van der Waals surface area contributed by atoms with Gasteiger partial charge in [-0.25, -0.2) is 4.79 Å². The first-order valence-electron chi connectivity index (χ1n) is 3.34. The normalized spacial score (nSPS) is 10.1. The summed E-state index contributed by atoms with van der Waals surface area (Å²) in [6.07, 6.45) is 5.03. The molecule has 0 aliphatic heterocycles. The highest BCUT2D eigenvalue weighted by molar-refractivity contribution is 5.64. The van der Waals surface area contributed by atoms with Crippen LogP contribution in [-0.4, -0.2) is 12.7 Å². The van der Waals surface area contributed by atoms with Gasteiger partial charge in [-0.3, -0.25) is 0 Å². The number of hydrogen-bond donors (Lipinski definition) is 1. The minimum absolute atomic E-state index is 0.381. The van der Waals surface area contributed by atoms with Crippen molar-refractivity contribution in [2.24, 2.45) is 5.73 Å². The van der Waals surface area contributed by atoms with Crippen LogP contribution < -0.4 is 5.73 Å². The van der Waals surface area contributed by atoms with E-state index in [1.807, 2.05) is 19.1 Å². The van der Waals surface area contributed by atoms with Crippen LogP contribution in [0.4, 0.5) is 4.79 Å². The molecular formula is C7H13NO2. The minimum Gasteiger partial charge on any atom is -0.449 e. The van der Waals surface area contributed by atoms with E-state index >= 15 is 0 Å². The molecule has 0 heterocycles. The van der Waals surface area contributed by atoms with Crippen LogP contribution in [0.2, 0.25) is 0 Å². The molecule has 0 unspecified atom stereocenters. The number of hydrogen-bond acceptors (Lipinski definition) is 2. The number of carbonyl (C=O) groups excluding carboxylic acids is 1. The van der Waals surface area contributed by atoms with Crippen molar-refractivity contribution in [3.8, 4) is 0 Å². The first-order chi connectivity index (χ1) is 4.77. The van der Waals surface area contributed by atoms with Gasteiger partial charge in [-0.05, 0) is 12.8 Å². The van der Waals surface area contributed by atoms with Crippen molar-refractivity contribution in [2.75, 3.05) is 6.61 Å².